The first-order chi connectivity index (χ1) is 24.9. The maximum atomic E-state index is 12.6. The zero-order valence-corrected chi connectivity index (χ0v) is 32.8. The topological polar surface area (TPSA) is 177 Å². The predicted molar refractivity (Wildman–Crippen MR) is 199 cm³/mol. The molecule has 0 spiro atoms. The standard InChI is InChI=1S/C19H25NO6.C14H17NO3.C5H9ClO3/c1-6-24-9-10-25-18(22)26-16-15(17(21)20-19(16,3)4)13-8-7-12(2)11-14(13)23-5;1-8-5-6-9(10(7-8)18-4)11-12(16)14(2,3)15-13(11)17;1-2-8-3-4-9-5(6)7/h7-8,11H,6,9-10H2,1-5H3,(H,20,21);5-7,16H,1-4H3,(H,15,17);2-4H2,1H3. The average Bonchev–Trinajstić information content (AvgIpc) is 3.44. The van der Waals surface area contributed by atoms with E-state index in [0.717, 1.165) is 11.1 Å². The zero-order chi connectivity index (χ0) is 39.9. The highest BCUT2D eigenvalue weighted by Crippen LogP contribution is 2.39. The van der Waals surface area contributed by atoms with Gasteiger partial charge >= 0.3 is 11.6 Å². The van der Waals surface area contributed by atoms with Gasteiger partial charge < -0.3 is 48.9 Å². The molecule has 2 aliphatic rings. The molecule has 0 saturated carbocycles. The molecule has 2 aliphatic heterocycles. The minimum Gasteiger partial charge on any atom is -0.509 e. The van der Waals surface area contributed by atoms with Crippen molar-refractivity contribution < 1.29 is 57.4 Å². The summed E-state index contributed by atoms with van der Waals surface area (Å²) in [4.78, 5) is 46.5. The van der Waals surface area contributed by atoms with Gasteiger partial charge in [-0.1, -0.05) is 24.3 Å². The van der Waals surface area contributed by atoms with Gasteiger partial charge in [0.05, 0.1) is 49.7 Å². The second kappa shape index (κ2) is 20.5. The van der Waals surface area contributed by atoms with Gasteiger partial charge in [0.1, 0.15) is 36.2 Å². The maximum Gasteiger partial charge on any atom is 0.513 e. The molecule has 53 heavy (non-hydrogen) atoms. The summed E-state index contributed by atoms with van der Waals surface area (Å²) in [5.74, 6) is 0.748. The minimum atomic E-state index is -0.882. The van der Waals surface area contributed by atoms with Crippen LogP contribution in [0.4, 0.5) is 9.59 Å². The Balaban J connectivity index is 0.000000310. The Labute approximate surface area is 315 Å². The molecular weight excluding hydrogens is 712 g/mol. The third kappa shape index (κ3) is 12.7. The Kier molecular flexibility index (Phi) is 17.1. The van der Waals surface area contributed by atoms with Gasteiger partial charge in [-0.05, 0) is 78.6 Å². The zero-order valence-electron chi connectivity index (χ0n) is 32.0. The van der Waals surface area contributed by atoms with Crippen molar-refractivity contribution in [2.24, 2.45) is 0 Å². The van der Waals surface area contributed by atoms with E-state index in [4.69, 9.17) is 40.0 Å². The van der Waals surface area contributed by atoms with Crippen LogP contribution in [-0.4, -0.2) is 93.4 Å². The highest BCUT2D eigenvalue weighted by molar-refractivity contribution is 6.61. The average molecular weight is 763 g/mol. The number of aliphatic hydroxyl groups excluding tert-OH is 1. The largest absolute Gasteiger partial charge is 0.513 e. The monoisotopic (exact) mass is 762 g/mol. The van der Waals surface area contributed by atoms with Crippen LogP contribution in [0, 0.1) is 13.8 Å². The van der Waals surface area contributed by atoms with Crippen molar-refractivity contribution in [3.05, 3.63) is 70.2 Å². The predicted octanol–water partition coefficient (Wildman–Crippen LogP) is 6.39. The number of aliphatic hydroxyl groups is 1. The van der Waals surface area contributed by atoms with Gasteiger partial charge in [0, 0.05) is 35.9 Å². The molecule has 2 amide bonds. The van der Waals surface area contributed by atoms with Crippen LogP contribution in [0.5, 0.6) is 11.5 Å². The fourth-order valence-corrected chi connectivity index (χ4v) is 5.17. The summed E-state index contributed by atoms with van der Waals surface area (Å²) in [7, 11) is 3.08. The van der Waals surface area contributed by atoms with Crippen LogP contribution < -0.4 is 20.1 Å². The molecule has 2 aromatic carbocycles. The molecule has 0 bridgehead atoms. The van der Waals surface area contributed by atoms with Gasteiger partial charge in [0.15, 0.2) is 0 Å². The second-order valence-electron chi connectivity index (χ2n) is 12.7. The molecule has 0 saturated heterocycles. The lowest BCUT2D eigenvalue weighted by atomic mass is 9.98. The van der Waals surface area contributed by atoms with Crippen LogP contribution in [-0.2, 0) is 33.3 Å². The first kappa shape index (κ1) is 44.4. The third-order valence-corrected chi connectivity index (χ3v) is 7.78. The van der Waals surface area contributed by atoms with Crippen molar-refractivity contribution >= 4 is 46.1 Å². The van der Waals surface area contributed by atoms with Gasteiger partial charge in [-0.2, -0.15) is 0 Å². The van der Waals surface area contributed by atoms with Crippen LogP contribution in [0.2, 0.25) is 0 Å². The summed E-state index contributed by atoms with van der Waals surface area (Å²) >= 11 is 4.84. The van der Waals surface area contributed by atoms with Gasteiger partial charge in [-0.15, -0.1) is 0 Å². The molecule has 0 aromatic heterocycles. The van der Waals surface area contributed by atoms with E-state index < -0.39 is 22.7 Å². The number of benzene rings is 2. The smallest absolute Gasteiger partial charge is 0.509 e. The van der Waals surface area contributed by atoms with E-state index in [-0.39, 0.29) is 54.3 Å². The Bertz CT molecular complexity index is 1680. The van der Waals surface area contributed by atoms with Crippen molar-refractivity contribution in [3.8, 4) is 11.5 Å². The first-order valence-electron chi connectivity index (χ1n) is 16.9. The fourth-order valence-electron chi connectivity index (χ4n) is 5.09. The van der Waals surface area contributed by atoms with Crippen molar-refractivity contribution in [2.45, 2.75) is 66.5 Å². The number of hydrogen-bond donors (Lipinski definition) is 3. The number of carbonyl (C=O) groups is 4. The normalized spacial score (nSPS) is 15.3. The Hall–Kier alpha value is -4.79. The van der Waals surface area contributed by atoms with Crippen LogP contribution in [0.1, 0.15) is 63.8 Å². The van der Waals surface area contributed by atoms with Crippen molar-refractivity contribution in [1.82, 2.24) is 10.6 Å². The number of rotatable bonds is 13. The summed E-state index contributed by atoms with van der Waals surface area (Å²) in [5.41, 5.74) is 1.36. The molecule has 0 fully saturated rings. The molecule has 292 valence electrons. The van der Waals surface area contributed by atoms with E-state index >= 15 is 0 Å². The van der Waals surface area contributed by atoms with E-state index in [0.29, 0.717) is 42.4 Å². The number of aryl methyl sites for hydroxylation is 2. The summed E-state index contributed by atoms with van der Waals surface area (Å²) in [6.45, 7) is 16.8. The van der Waals surface area contributed by atoms with E-state index in [2.05, 4.69) is 15.4 Å². The fraction of sp³-hybridized carbons (Fsp3) is 0.474. The number of ether oxygens (including phenoxy) is 7. The lowest BCUT2D eigenvalue weighted by Crippen LogP contribution is -2.39. The molecule has 0 unspecified atom stereocenters. The number of hydrogen-bond acceptors (Lipinski definition) is 12. The SMILES string of the molecule is CCOCCOC(=O)Cl.CCOCCOC(=O)OC1=C(c2ccc(C)cc2OC)C(=O)NC1(C)C.COc1cc(C)ccc1C1=C(O)C(C)(C)NC1=O. The minimum absolute atomic E-state index is 0.0506. The van der Waals surface area contributed by atoms with Gasteiger partial charge in [0.2, 0.25) is 0 Å². The Morgan fingerprint density at radius 3 is 1.60 bits per heavy atom. The van der Waals surface area contributed by atoms with Gasteiger partial charge in [0.25, 0.3) is 11.8 Å². The Morgan fingerprint density at radius 2 is 1.17 bits per heavy atom. The maximum absolute atomic E-state index is 12.6. The summed E-state index contributed by atoms with van der Waals surface area (Å²) in [6.07, 6.45) is -0.882. The summed E-state index contributed by atoms with van der Waals surface area (Å²) in [6, 6.07) is 11.0. The highest BCUT2D eigenvalue weighted by atomic mass is 35.5. The number of nitrogens with one attached hydrogen (secondary N) is 2. The van der Waals surface area contributed by atoms with Crippen molar-refractivity contribution in [2.75, 3.05) is 53.9 Å². The Morgan fingerprint density at radius 1 is 0.717 bits per heavy atom. The van der Waals surface area contributed by atoms with Gasteiger partial charge in [-0.3, -0.25) is 9.59 Å². The summed E-state index contributed by atoms with van der Waals surface area (Å²) in [5, 5.41) is 15.7. The molecule has 2 aromatic rings. The highest BCUT2D eigenvalue weighted by Gasteiger charge is 2.43. The van der Waals surface area contributed by atoms with E-state index in [1.807, 2.05) is 52.0 Å². The third-order valence-electron chi connectivity index (χ3n) is 7.67. The molecular formula is C38H51ClN2O12. The van der Waals surface area contributed by atoms with Crippen molar-refractivity contribution in [1.29, 1.82) is 0 Å². The van der Waals surface area contributed by atoms with Crippen LogP contribution in [0.3, 0.4) is 0 Å². The molecule has 2 heterocycles. The number of halogens is 1. The van der Waals surface area contributed by atoms with Gasteiger partial charge in [-0.25, -0.2) is 9.59 Å². The lowest BCUT2D eigenvalue weighted by Gasteiger charge is -2.21. The second-order valence-corrected chi connectivity index (χ2v) is 13.0. The first-order valence-corrected chi connectivity index (χ1v) is 17.3. The molecule has 15 heteroatoms. The molecule has 14 nitrogen and oxygen atoms in total. The van der Waals surface area contributed by atoms with E-state index in [9.17, 15) is 24.3 Å². The van der Waals surface area contributed by atoms with E-state index in [1.54, 1.807) is 46.9 Å². The number of carbonyl (C=O) groups excluding carboxylic acids is 4. The molecule has 3 N–H and O–H groups in total. The number of methoxy groups -OCH3 is 2. The summed E-state index contributed by atoms with van der Waals surface area (Å²) < 4.78 is 35.4. The quantitative estimate of drug-likeness (QED) is 0.117. The molecule has 0 atom stereocenters. The lowest BCUT2D eigenvalue weighted by molar-refractivity contribution is -0.116. The van der Waals surface area contributed by atoms with Crippen molar-refractivity contribution in [3.63, 3.8) is 0 Å². The van der Waals surface area contributed by atoms with Crippen LogP contribution >= 0.6 is 11.6 Å². The number of amides is 2. The van der Waals surface area contributed by atoms with Crippen LogP contribution in [0.15, 0.2) is 47.9 Å². The van der Waals surface area contributed by atoms with Crippen LogP contribution in [0.25, 0.3) is 11.1 Å². The molecule has 0 radical (unpaired) electrons. The van der Waals surface area contributed by atoms with E-state index in [1.165, 1.54) is 7.11 Å². The molecule has 4 rings (SSSR count). The molecule has 0 aliphatic carbocycles.